The molecular weight excluding hydrogens is 418 g/mol. The maximum atomic E-state index is 13.2. The Balaban J connectivity index is 1.50. The van der Waals surface area contributed by atoms with Crippen molar-refractivity contribution in [3.05, 3.63) is 51.4 Å². The number of imide groups is 1. The number of amides is 4. The third-order valence-corrected chi connectivity index (χ3v) is 7.13. The van der Waals surface area contributed by atoms with Gasteiger partial charge in [-0.15, -0.1) is 11.3 Å². The van der Waals surface area contributed by atoms with Gasteiger partial charge in [-0.2, -0.15) is 0 Å². The molecule has 1 aromatic carbocycles. The maximum absolute atomic E-state index is 13.2. The molecule has 2 aromatic rings. The fourth-order valence-corrected chi connectivity index (χ4v) is 5.28. The number of esters is 1. The van der Waals surface area contributed by atoms with E-state index in [1.807, 2.05) is 31.2 Å². The first-order valence-corrected chi connectivity index (χ1v) is 10.8. The normalized spacial score (nSPS) is 19.9. The van der Waals surface area contributed by atoms with E-state index in [9.17, 15) is 19.2 Å². The lowest BCUT2D eigenvalue weighted by Gasteiger charge is -2.32. The standard InChI is InChI=1S/C22H23N3O5S/c1-12-13(2)31-18(17(12)19(27)30-3)23-16(26)11-25-20(28)22(24-21(25)29)9-8-14-6-4-5-7-15(14)10-22/h4-7H,8-11H2,1-3H3,(H,23,26)(H,24,29). The number of rotatable bonds is 4. The zero-order valence-electron chi connectivity index (χ0n) is 17.5. The number of hydrogen-bond donors (Lipinski definition) is 2. The van der Waals surface area contributed by atoms with E-state index in [0.29, 0.717) is 24.3 Å². The summed E-state index contributed by atoms with van der Waals surface area (Å²) >= 11 is 1.25. The second kappa shape index (κ2) is 7.81. The summed E-state index contributed by atoms with van der Waals surface area (Å²) in [5, 5.41) is 5.83. The van der Waals surface area contributed by atoms with Gasteiger partial charge in [-0.25, -0.2) is 9.59 Å². The van der Waals surface area contributed by atoms with Crippen LogP contribution in [0.15, 0.2) is 24.3 Å². The van der Waals surface area contributed by atoms with Gasteiger partial charge in [-0.1, -0.05) is 24.3 Å². The van der Waals surface area contributed by atoms with E-state index in [1.54, 1.807) is 6.92 Å². The van der Waals surface area contributed by atoms with Gasteiger partial charge in [0.2, 0.25) is 5.91 Å². The highest BCUT2D eigenvalue weighted by atomic mass is 32.1. The summed E-state index contributed by atoms with van der Waals surface area (Å²) < 4.78 is 4.81. The topological polar surface area (TPSA) is 105 Å². The van der Waals surface area contributed by atoms with E-state index in [0.717, 1.165) is 20.9 Å². The average Bonchev–Trinajstić information content (AvgIpc) is 3.14. The number of nitrogens with one attached hydrogen (secondary N) is 2. The fourth-order valence-electron chi connectivity index (χ4n) is 4.22. The molecule has 1 spiro atoms. The van der Waals surface area contributed by atoms with Gasteiger partial charge in [0, 0.05) is 11.3 Å². The highest BCUT2D eigenvalue weighted by Gasteiger charge is 2.52. The molecule has 1 atom stereocenters. The molecule has 1 aromatic heterocycles. The first-order valence-electron chi connectivity index (χ1n) is 9.95. The van der Waals surface area contributed by atoms with Gasteiger partial charge in [0.1, 0.15) is 17.1 Å². The number of carbonyl (C=O) groups excluding carboxylic acids is 4. The molecule has 0 saturated carbocycles. The molecule has 31 heavy (non-hydrogen) atoms. The molecule has 2 heterocycles. The number of methoxy groups -OCH3 is 1. The smallest absolute Gasteiger partial charge is 0.341 e. The predicted molar refractivity (Wildman–Crippen MR) is 115 cm³/mol. The zero-order chi connectivity index (χ0) is 22.3. The number of thiophene rings is 1. The minimum absolute atomic E-state index is 0.288. The molecule has 8 nitrogen and oxygen atoms in total. The van der Waals surface area contributed by atoms with Crippen LogP contribution in [-0.4, -0.2) is 47.9 Å². The van der Waals surface area contributed by atoms with Crippen LogP contribution < -0.4 is 10.6 Å². The van der Waals surface area contributed by atoms with Gasteiger partial charge in [0.25, 0.3) is 5.91 Å². The van der Waals surface area contributed by atoms with Crippen LogP contribution in [0.2, 0.25) is 0 Å². The number of urea groups is 1. The number of ether oxygens (including phenoxy) is 1. The van der Waals surface area contributed by atoms with E-state index in [2.05, 4.69) is 10.6 Å². The second-order valence-corrected chi connectivity index (χ2v) is 9.10. The van der Waals surface area contributed by atoms with Crippen molar-refractivity contribution in [1.82, 2.24) is 10.2 Å². The van der Waals surface area contributed by atoms with Crippen LogP contribution in [-0.2, 0) is 27.2 Å². The molecule has 0 bridgehead atoms. The Hall–Kier alpha value is -3.20. The van der Waals surface area contributed by atoms with E-state index >= 15 is 0 Å². The van der Waals surface area contributed by atoms with Crippen LogP contribution in [0.25, 0.3) is 0 Å². The molecule has 1 saturated heterocycles. The van der Waals surface area contributed by atoms with Gasteiger partial charge in [0.15, 0.2) is 0 Å². The third-order valence-electron chi connectivity index (χ3n) is 6.01. The minimum Gasteiger partial charge on any atom is -0.465 e. The number of anilines is 1. The van der Waals surface area contributed by atoms with Crippen molar-refractivity contribution in [2.75, 3.05) is 19.0 Å². The molecule has 1 aliphatic carbocycles. The van der Waals surface area contributed by atoms with Crippen LogP contribution in [0.1, 0.15) is 38.3 Å². The summed E-state index contributed by atoms with van der Waals surface area (Å²) in [5.74, 6) is -1.50. The quantitative estimate of drug-likeness (QED) is 0.561. The summed E-state index contributed by atoms with van der Waals surface area (Å²) in [6, 6.07) is 7.28. The number of hydrogen-bond acceptors (Lipinski definition) is 6. The van der Waals surface area contributed by atoms with Crippen LogP contribution in [0, 0.1) is 13.8 Å². The Morgan fingerprint density at radius 1 is 1.23 bits per heavy atom. The highest BCUT2D eigenvalue weighted by molar-refractivity contribution is 7.16. The maximum Gasteiger partial charge on any atom is 0.341 e. The van der Waals surface area contributed by atoms with Gasteiger partial charge >= 0.3 is 12.0 Å². The Morgan fingerprint density at radius 2 is 1.94 bits per heavy atom. The summed E-state index contributed by atoms with van der Waals surface area (Å²) in [6.07, 6.45) is 1.57. The molecule has 2 N–H and O–H groups in total. The van der Waals surface area contributed by atoms with Crippen molar-refractivity contribution in [2.24, 2.45) is 0 Å². The molecule has 9 heteroatoms. The zero-order valence-corrected chi connectivity index (χ0v) is 18.4. The van der Waals surface area contributed by atoms with Crippen LogP contribution in [0.4, 0.5) is 9.80 Å². The SMILES string of the molecule is COC(=O)c1c(NC(=O)CN2C(=O)NC3(CCc4ccccc4C3)C2=O)sc(C)c1C. The van der Waals surface area contributed by atoms with Gasteiger partial charge in [-0.3, -0.25) is 14.5 Å². The molecule has 162 valence electrons. The number of benzene rings is 1. The largest absolute Gasteiger partial charge is 0.465 e. The van der Waals surface area contributed by atoms with Crippen LogP contribution in [0.5, 0.6) is 0 Å². The van der Waals surface area contributed by atoms with Crippen LogP contribution >= 0.6 is 11.3 Å². The number of carbonyl (C=O) groups is 4. The van der Waals surface area contributed by atoms with E-state index in [4.69, 9.17) is 4.74 Å². The molecular formula is C22H23N3O5S. The second-order valence-electron chi connectivity index (χ2n) is 7.88. The lowest BCUT2D eigenvalue weighted by Crippen LogP contribution is -2.51. The number of fused-ring (bicyclic) bond motifs is 1. The monoisotopic (exact) mass is 441 g/mol. The van der Waals surface area contributed by atoms with E-state index in [1.165, 1.54) is 24.0 Å². The third kappa shape index (κ3) is 3.59. The summed E-state index contributed by atoms with van der Waals surface area (Å²) in [6.45, 7) is 3.19. The Morgan fingerprint density at radius 3 is 2.65 bits per heavy atom. The molecule has 4 rings (SSSR count). The average molecular weight is 442 g/mol. The van der Waals surface area contributed by atoms with Crippen molar-refractivity contribution in [3.8, 4) is 0 Å². The first-order chi connectivity index (χ1) is 14.8. The van der Waals surface area contributed by atoms with Crippen molar-refractivity contribution in [2.45, 2.75) is 38.6 Å². The van der Waals surface area contributed by atoms with Gasteiger partial charge in [0.05, 0.1) is 12.7 Å². The first kappa shape index (κ1) is 21.0. The lowest BCUT2D eigenvalue weighted by molar-refractivity contribution is -0.134. The Bertz CT molecular complexity index is 1110. The van der Waals surface area contributed by atoms with Gasteiger partial charge < -0.3 is 15.4 Å². The van der Waals surface area contributed by atoms with Crippen LogP contribution in [0.3, 0.4) is 0 Å². The van der Waals surface area contributed by atoms with Crippen molar-refractivity contribution >= 4 is 40.2 Å². The Labute approximate surface area is 183 Å². The van der Waals surface area contributed by atoms with Crippen molar-refractivity contribution in [1.29, 1.82) is 0 Å². The van der Waals surface area contributed by atoms with Gasteiger partial charge in [-0.05, 0) is 43.4 Å². The number of aryl methyl sites for hydroxylation is 2. The number of nitrogens with zero attached hydrogens (tertiary/aromatic N) is 1. The van der Waals surface area contributed by atoms with Crippen molar-refractivity contribution < 1.29 is 23.9 Å². The molecule has 2 aliphatic rings. The predicted octanol–water partition coefficient (Wildman–Crippen LogP) is 2.57. The van der Waals surface area contributed by atoms with Crippen molar-refractivity contribution in [3.63, 3.8) is 0 Å². The minimum atomic E-state index is -1.01. The Kier molecular flexibility index (Phi) is 5.30. The van der Waals surface area contributed by atoms with E-state index < -0.39 is 35.9 Å². The molecule has 1 unspecified atom stereocenters. The lowest BCUT2D eigenvalue weighted by atomic mass is 9.78. The highest BCUT2D eigenvalue weighted by Crippen LogP contribution is 2.35. The summed E-state index contributed by atoms with van der Waals surface area (Å²) in [4.78, 5) is 52.3. The molecule has 1 aliphatic heterocycles. The summed E-state index contributed by atoms with van der Waals surface area (Å²) in [5.41, 5.74) is 2.20. The molecule has 0 radical (unpaired) electrons. The summed E-state index contributed by atoms with van der Waals surface area (Å²) in [7, 11) is 1.27. The van der Waals surface area contributed by atoms with E-state index in [-0.39, 0.29) is 5.56 Å². The molecule has 1 fully saturated rings. The fraction of sp³-hybridized carbons (Fsp3) is 0.364. The molecule has 4 amide bonds.